The van der Waals surface area contributed by atoms with Crippen LogP contribution in [0, 0.1) is 0 Å². The SMILES string of the molecule is C=Cc1ccccc1C(CC(=O)O)=C(C)c1ccccc1. The van der Waals surface area contributed by atoms with Crippen molar-refractivity contribution in [2.75, 3.05) is 0 Å². The molecule has 2 nitrogen and oxygen atoms in total. The third-order valence-electron chi connectivity index (χ3n) is 3.49. The normalized spacial score (nSPS) is 11.7. The summed E-state index contributed by atoms with van der Waals surface area (Å²) in [5.74, 6) is -0.834. The first kappa shape index (κ1) is 14.8. The number of carbonyl (C=O) groups is 1. The monoisotopic (exact) mass is 278 g/mol. The van der Waals surface area contributed by atoms with Gasteiger partial charge in [-0.25, -0.2) is 0 Å². The smallest absolute Gasteiger partial charge is 0.307 e. The molecule has 0 atom stereocenters. The van der Waals surface area contributed by atoms with Gasteiger partial charge in [0.1, 0.15) is 0 Å². The number of aliphatic carboxylic acids is 1. The maximum Gasteiger partial charge on any atom is 0.307 e. The van der Waals surface area contributed by atoms with Gasteiger partial charge in [0, 0.05) is 0 Å². The molecule has 0 aliphatic heterocycles. The zero-order valence-corrected chi connectivity index (χ0v) is 12.0. The highest BCUT2D eigenvalue weighted by molar-refractivity contribution is 5.98. The summed E-state index contributed by atoms with van der Waals surface area (Å²) in [6, 6.07) is 17.6. The lowest BCUT2D eigenvalue weighted by Crippen LogP contribution is -2.01. The van der Waals surface area contributed by atoms with Gasteiger partial charge in [-0.3, -0.25) is 4.79 Å². The molecular formula is C19H18O2. The van der Waals surface area contributed by atoms with Crippen LogP contribution in [0.15, 0.2) is 61.2 Å². The second-order valence-corrected chi connectivity index (χ2v) is 4.83. The minimum atomic E-state index is -0.834. The van der Waals surface area contributed by atoms with Gasteiger partial charge in [0.25, 0.3) is 0 Å². The summed E-state index contributed by atoms with van der Waals surface area (Å²) in [6.07, 6.45) is 1.75. The summed E-state index contributed by atoms with van der Waals surface area (Å²) in [7, 11) is 0. The average molecular weight is 278 g/mol. The van der Waals surface area contributed by atoms with Gasteiger partial charge in [0.2, 0.25) is 0 Å². The van der Waals surface area contributed by atoms with Crippen molar-refractivity contribution < 1.29 is 9.90 Å². The standard InChI is InChI=1S/C19H18O2/c1-3-15-9-7-8-12-17(15)18(13-19(20)21)14(2)16-10-5-4-6-11-16/h3-12H,1,13H2,2H3,(H,20,21). The minimum absolute atomic E-state index is 0.00835. The number of allylic oxidation sites excluding steroid dienone is 1. The fraction of sp³-hybridized carbons (Fsp3) is 0.105. The highest BCUT2D eigenvalue weighted by Crippen LogP contribution is 2.31. The first-order chi connectivity index (χ1) is 10.1. The van der Waals surface area contributed by atoms with Gasteiger partial charge in [0.15, 0.2) is 0 Å². The molecule has 0 heterocycles. The van der Waals surface area contributed by atoms with Crippen molar-refractivity contribution in [2.24, 2.45) is 0 Å². The van der Waals surface area contributed by atoms with Crippen LogP contribution in [-0.2, 0) is 4.79 Å². The van der Waals surface area contributed by atoms with Crippen LogP contribution in [0.5, 0.6) is 0 Å². The van der Waals surface area contributed by atoms with Gasteiger partial charge in [0.05, 0.1) is 6.42 Å². The first-order valence-electron chi connectivity index (χ1n) is 6.82. The van der Waals surface area contributed by atoms with Crippen LogP contribution in [0.3, 0.4) is 0 Å². The molecule has 2 aromatic rings. The minimum Gasteiger partial charge on any atom is -0.481 e. The Bertz CT molecular complexity index is 682. The summed E-state index contributed by atoms with van der Waals surface area (Å²) >= 11 is 0. The summed E-state index contributed by atoms with van der Waals surface area (Å²) < 4.78 is 0. The number of carboxylic acid groups (broad SMARTS) is 1. The molecule has 106 valence electrons. The lowest BCUT2D eigenvalue weighted by molar-refractivity contribution is -0.135. The third-order valence-corrected chi connectivity index (χ3v) is 3.49. The predicted octanol–water partition coefficient (Wildman–Crippen LogP) is 4.74. The van der Waals surface area contributed by atoms with E-state index in [0.29, 0.717) is 0 Å². The van der Waals surface area contributed by atoms with E-state index in [2.05, 4.69) is 6.58 Å². The molecule has 1 N–H and O–H groups in total. The zero-order valence-electron chi connectivity index (χ0n) is 12.0. The van der Waals surface area contributed by atoms with E-state index in [9.17, 15) is 9.90 Å². The molecule has 2 aromatic carbocycles. The molecule has 0 amide bonds. The zero-order chi connectivity index (χ0) is 15.2. The second kappa shape index (κ2) is 6.71. The van der Waals surface area contributed by atoms with E-state index in [1.165, 1.54) is 0 Å². The van der Waals surface area contributed by atoms with Crippen LogP contribution in [0.2, 0.25) is 0 Å². The fourth-order valence-corrected chi connectivity index (χ4v) is 2.39. The maximum absolute atomic E-state index is 11.3. The molecule has 21 heavy (non-hydrogen) atoms. The van der Waals surface area contributed by atoms with Gasteiger partial charge in [-0.05, 0) is 34.8 Å². The van der Waals surface area contributed by atoms with E-state index in [-0.39, 0.29) is 6.42 Å². The molecule has 0 unspecified atom stereocenters. The second-order valence-electron chi connectivity index (χ2n) is 4.83. The lowest BCUT2D eigenvalue weighted by atomic mass is 9.90. The third kappa shape index (κ3) is 3.48. The molecule has 0 saturated carbocycles. The Morgan fingerprint density at radius 2 is 1.71 bits per heavy atom. The highest BCUT2D eigenvalue weighted by Gasteiger charge is 2.13. The molecular weight excluding hydrogens is 260 g/mol. The van der Waals surface area contributed by atoms with Crippen molar-refractivity contribution in [3.8, 4) is 0 Å². The summed E-state index contributed by atoms with van der Waals surface area (Å²) in [6.45, 7) is 5.78. The Labute approximate surface area is 125 Å². The average Bonchev–Trinajstić information content (AvgIpc) is 2.52. The number of carboxylic acids is 1. The van der Waals surface area contributed by atoms with Crippen LogP contribution in [0.4, 0.5) is 0 Å². The lowest BCUT2D eigenvalue weighted by Gasteiger charge is -2.14. The van der Waals surface area contributed by atoms with Crippen LogP contribution in [0.25, 0.3) is 17.2 Å². The van der Waals surface area contributed by atoms with Crippen molar-refractivity contribution in [1.82, 2.24) is 0 Å². The largest absolute Gasteiger partial charge is 0.481 e. The molecule has 0 radical (unpaired) electrons. The molecule has 0 aliphatic rings. The van der Waals surface area contributed by atoms with Crippen molar-refractivity contribution in [3.05, 3.63) is 77.9 Å². The molecule has 0 fully saturated rings. The van der Waals surface area contributed by atoms with Crippen molar-refractivity contribution in [1.29, 1.82) is 0 Å². The summed E-state index contributed by atoms with van der Waals surface area (Å²) in [5.41, 5.74) is 4.71. The van der Waals surface area contributed by atoms with E-state index >= 15 is 0 Å². The number of benzene rings is 2. The van der Waals surface area contributed by atoms with Crippen molar-refractivity contribution >= 4 is 23.2 Å². The fourth-order valence-electron chi connectivity index (χ4n) is 2.39. The molecule has 0 saturated heterocycles. The molecule has 0 aliphatic carbocycles. The van der Waals surface area contributed by atoms with Gasteiger partial charge >= 0.3 is 5.97 Å². The Hall–Kier alpha value is -2.61. The van der Waals surface area contributed by atoms with Crippen molar-refractivity contribution in [3.63, 3.8) is 0 Å². The number of hydrogen-bond acceptors (Lipinski definition) is 1. The number of hydrogen-bond donors (Lipinski definition) is 1. The van der Waals surface area contributed by atoms with E-state index in [1.807, 2.05) is 61.5 Å². The molecule has 0 bridgehead atoms. The first-order valence-corrected chi connectivity index (χ1v) is 6.82. The Morgan fingerprint density at radius 3 is 2.33 bits per heavy atom. The van der Waals surface area contributed by atoms with Crippen LogP contribution >= 0.6 is 0 Å². The van der Waals surface area contributed by atoms with E-state index in [4.69, 9.17) is 0 Å². The topological polar surface area (TPSA) is 37.3 Å². The quantitative estimate of drug-likeness (QED) is 0.802. The Morgan fingerprint density at radius 1 is 1.10 bits per heavy atom. The van der Waals surface area contributed by atoms with Crippen LogP contribution < -0.4 is 0 Å². The van der Waals surface area contributed by atoms with E-state index in [0.717, 1.165) is 27.8 Å². The summed E-state index contributed by atoms with van der Waals surface area (Å²) in [5, 5.41) is 9.24. The van der Waals surface area contributed by atoms with Crippen LogP contribution in [-0.4, -0.2) is 11.1 Å². The molecule has 0 spiro atoms. The Kier molecular flexibility index (Phi) is 4.72. The molecule has 2 rings (SSSR count). The van der Waals surface area contributed by atoms with Crippen LogP contribution in [0.1, 0.15) is 30.0 Å². The van der Waals surface area contributed by atoms with Gasteiger partial charge in [-0.15, -0.1) is 0 Å². The maximum atomic E-state index is 11.3. The van der Waals surface area contributed by atoms with Gasteiger partial charge in [-0.2, -0.15) is 0 Å². The van der Waals surface area contributed by atoms with E-state index < -0.39 is 5.97 Å². The predicted molar refractivity (Wildman–Crippen MR) is 87.7 cm³/mol. The van der Waals surface area contributed by atoms with Crippen molar-refractivity contribution in [2.45, 2.75) is 13.3 Å². The molecule has 2 heteroatoms. The highest BCUT2D eigenvalue weighted by atomic mass is 16.4. The van der Waals surface area contributed by atoms with E-state index in [1.54, 1.807) is 6.08 Å². The summed E-state index contributed by atoms with van der Waals surface area (Å²) in [4.78, 5) is 11.3. The van der Waals surface area contributed by atoms with Gasteiger partial charge in [-0.1, -0.05) is 67.3 Å². The van der Waals surface area contributed by atoms with Gasteiger partial charge < -0.3 is 5.11 Å². The number of rotatable bonds is 5. The molecule has 0 aromatic heterocycles. The Balaban J connectivity index is 2.63.